The van der Waals surface area contributed by atoms with Crippen LogP contribution in [0.25, 0.3) is 16.7 Å². The minimum Gasteiger partial charge on any atom is -0.375 e. The van der Waals surface area contributed by atoms with Crippen LogP contribution in [0.5, 0.6) is 5.75 Å². The van der Waals surface area contributed by atoms with Crippen LogP contribution in [0.2, 0.25) is 5.02 Å². The highest BCUT2D eigenvalue weighted by Crippen LogP contribution is 2.36. The van der Waals surface area contributed by atoms with Crippen LogP contribution in [0.1, 0.15) is 22.4 Å². The topological polar surface area (TPSA) is 61.2 Å². The van der Waals surface area contributed by atoms with E-state index in [2.05, 4.69) is 9.17 Å². The Morgan fingerprint density at radius 2 is 1.61 bits per heavy atom. The minimum atomic E-state index is -5.80. The molecule has 1 aromatic carbocycles. The van der Waals surface area contributed by atoms with Crippen molar-refractivity contribution in [3.63, 3.8) is 0 Å². The molecule has 28 heavy (non-hydrogen) atoms. The summed E-state index contributed by atoms with van der Waals surface area (Å²) in [6.07, 6.45) is 1.66. The zero-order chi connectivity index (χ0) is 21.0. The van der Waals surface area contributed by atoms with E-state index in [1.54, 1.807) is 17.7 Å². The summed E-state index contributed by atoms with van der Waals surface area (Å²) in [6, 6.07) is 4.79. The lowest BCUT2D eigenvalue weighted by Gasteiger charge is -2.13. The number of hydrogen-bond acceptors (Lipinski definition) is 4. The second-order valence-electron chi connectivity index (χ2n) is 6.52. The Bertz CT molecular complexity index is 1180. The first kappa shape index (κ1) is 20.5. The normalized spacial score (nSPS) is 12.6. The molecule has 2 heterocycles. The largest absolute Gasteiger partial charge is 0.534 e. The summed E-state index contributed by atoms with van der Waals surface area (Å²) in [5.41, 5.74) is -2.09. The highest BCUT2D eigenvalue weighted by molar-refractivity contribution is 7.88. The van der Waals surface area contributed by atoms with Crippen LogP contribution in [-0.4, -0.2) is 23.5 Å². The second-order valence-corrected chi connectivity index (χ2v) is 8.44. The van der Waals surface area contributed by atoms with Gasteiger partial charge in [-0.3, -0.25) is 0 Å². The van der Waals surface area contributed by atoms with Crippen LogP contribution in [0.15, 0.2) is 24.4 Å². The molecule has 0 aliphatic carbocycles. The Morgan fingerprint density at radius 1 is 1.04 bits per heavy atom. The van der Waals surface area contributed by atoms with E-state index >= 15 is 0 Å². The maximum atomic E-state index is 12.8. The number of rotatable bonds is 3. The molecule has 0 radical (unpaired) electrons. The molecule has 0 aliphatic rings. The minimum absolute atomic E-state index is 0.184. The van der Waals surface area contributed by atoms with E-state index in [1.807, 2.05) is 26.0 Å². The fraction of sp³-hybridized carbons (Fsp3) is 0.278. The number of aromatic nitrogens is 2. The zero-order valence-corrected chi connectivity index (χ0v) is 16.9. The van der Waals surface area contributed by atoms with Crippen molar-refractivity contribution >= 4 is 32.8 Å². The van der Waals surface area contributed by atoms with Crippen LogP contribution in [0.4, 0.5) is 13.2 Å². The SMILES string of the molecule is Cc1cc(OS(=O)(=O)C(F)(F)F)c2c(C)cn(-c3cc(C)c(Cl)c(C)c3)c2n1. The number of alkyl halides is 3. The number of benzene rings is 1. The Hall–Kier alpha value is -2.26. The van der Waals surface area contributed by atoms with Crippen LogP contribution >= 0.6 is 11.6 Å². The predicted molar refractivity (Wildman–Crippen MR) is 101 cm³/mol. The van der Waals surface area contributed by atoms with Gasteiger partial charge in [0.15, 0.2) is 5.75 Å². The van der Waals surface area contributed by atoms with Crippen molar-refractivity contribution in [3.05, 3.63) is 51.8 Å². The molecule has 0 bridgehead atoms. The molecular formula is C18H16ClF3N2O3S. The van der Waals surface area contributed by atoms with Gasteiger partial charge in [0.05, 0.1) is 5.39 Å². The van der Waals surface area contributed by atoms with E-state index < -0.39 is 21.4 Å². The van der Waals surface area contributed by atoms with Gasteiger partial charge >= 0.3 is 15.6 Å². The Labute approximate surface area is 164 Å². The third-order valence-corrected chi connectivity index (χ3v) is 5.78. The molecular weight excluding hydrogens is 417 g/mol. The van der Waals surface area contributed by atoms with Crippen LogP contribution in [-0.2, 0) is 10.1 Å². The molecule has 0 N–H and O–H groups in total. The molecule has 3 rings (SSSR count). The van der Waals surface area contributed by atoms with Crippen molar-refractivity contribution in [3.8, 4) is 11.4 Å². The summed E-state index contributed by atoms with van der Waals surface area (Å²) in [5.74, 6) is -0.418. The number of fused-ring (bicyclic) bond motifs is 1. The highest BCUT2D eigenvalue weighted by Gasteiger charge is 2.48. The van der Waals surface area contributed by atoms with E-state index in [9.17, 15) is 21.6 Å². The molecule has 0 saturated carbocycles. The van der Waals surface area contributed by atoms with E-state index in [1.165, 1.54) is 13.0 Å². The van der Waals surface area contributed by atoms with Gasteiger partial charge in [0, 0.05) is 28.7 Å². The van der Waals surface area contributed by atoms with Crippen molar-refractivity contribution in [2.24, 2.45) is 0 Å². The molecule has 150 valence electrons. The van der Waals surface area contributed by atoms with Crippen LogP contribution in [0, 0.1) is 27.7 Å². The first-order valence-electron chi connectivity index (χ1n) is 8.09. The van der Waals surface area contributed by atoms with Gasteiger partial charge < -0.3 is 8.75 Å². The third-order valence-electron chi connectivity index (χ3n) is 4.22. The van der Waals surface area contributed by atoms with E-state index in [0.717, 1.165) is 11.1 Å². The number of hydrogen-bond donors (Lipinski definition) is 0. The van der Waals surface area contributed by atoms with Gasteiger partial charge in [-0.05, 0) is 56.5 Å². The van der Waals surface area contributed by atoms with Crippen LogP contribution in [0.3, 0.4) is 0 Å². The smallest absolute Gasteiger partial charge is 0.375 e. The van der Waals surface area contributed by atoms with Gasteiger partial charge in [-0.25, -0.2) is 4.98 Å². The monoisotopic (exact) mass is 432 g/mol. The van der Waals surface area contributed by atoms with Gasteiger partial charge in [-0.15, -0.1) is 0 Å². The van der Waals surface area contributed by atoms with Crippen molar-refractivity contribution in [2.45, 2.75) is 33.2 Å². The average molecular weight is 433 g/mol. The Balaban J connectivity index is 2.27. The van der Waals surface area contributed by atoms with Gasteiger partial charge in [0.25, 0.3) is 0 Å². The highest BCUT2D eigenvalue weighted by atomic mass is 35.5. The second kappa shape index (κ2) is 6.66. The molecule has 3 aromatic rings. The van der Waals surface area contributed by atoms with Crippen molar-refractivity contribution in [1.82, 2.24) is 9.55 Å². The van der Waals surface area contributed by atoms with E-state index in [0.29, 0.717) is 22.0 Å². The summed E-state index contributed by atoms with van der Waals surface area (Å²) in [4.78, 5) is 4.38. The lowest BCUT2D eigenvalue weighted by atomic mass is 10.1. The molecule has 5 nitrogen and oxygen atoms in total. The number of pyridine rings is 1. The van der Waals surface area contributed by atoms with Crippen molar-refractivity contribution in [2.75, 3.05) is 0 Å². The standard InChI is InChI=1S/C18H16ClF3N2O3S/c1-9-5-13(6-10(2)16(9)19)24-8-11(3)15-14(7-12(4)23-17(15)24)27-28(25,26)18(20,21)22/h5-8H,1-4H3. The van der Waals surface area contributed by atoms with E-state index in [-0.39, 0.29) is 11.0 Å². The van der Waals surface area contributed by atoms with Gasteiger partial charge in [-0.1, -0.05) is 11.6 Å². The summed E-state index contributed by atoms with van der Waals surface area (Å²) in [7, 11) is -5.80. The molecule has 0 amide bonds. The molecule has 0 saturated heterocycles. The Morgan fingerprint density at radius 3 is 2.14 bits per heavy atom. The third kappa shape index (κ3) is 3.44. The van der Waals surface area contributed by atoms with E-state index in [4.69, 9.17) is 11.6 Å². The zero-order valence-electron chi connectivity index (χ0n) is 15.3. The Kier molecular flexibility index (Phi) is 4.87. The van der Waals surface area contributed by atoms with Gasteiger partial charge in [0.1, 0.15) is 5.65 Å². The number of aryl methyl sites for hydroxylation is 4. The summed E-state index contributed by atoms with van der Waals surface area (Å²) in [6.45, 7) is 6.84. The molecule has 0 unspecified atom stereocenters. The molecule has 0 spiro atoms. The average Bonchev–Trinajstić information content (AvgIpc) is 2.87. The summed E-state index contributed by atoms with van der Waals surface area (Å²) < 4.78 is 67.4. The van der Waals surface area contributed by atoms with Gasteiger partial charge in [-0.2, -0.15) is 21.6 Å². The fourth-order valence-corrected chi connectivity index (χ4v) is 3.55. The fourth-order valence-electron chi connectivity index (χ4n) is 2.98. The first-order chi connectivity index (χ1) is 12.8. The predicted octanol–water partition coefficient (Wildman–Crippen LogP) is 5.14. The molecule has 0 fully saturated rings. The van der Waals surface area contributed by atoms with Crippen molar-refractivity contribution < 1.29 is 25.8 Å². The lowest BCUT2D eigenvalue weighted by Crippen LogP contribution is -2.28. The van der Waals surface area contributed by atoms with Crippen molar-refractivity contribution in [1.29, 1.82) is 0 Å². The van der Waals surface area contributed by atoms with Gasteiger partial charge in [0.2, 0.25) is 0 Å². The summed E-state index contributed by atoms with van der Waals surface area (Å²) in [5, 5.41) is 0.796. The maximum Gasteiger partial charge on any atom is 0.534 e. The molecule has 2 aromatic heterocycles. The molecule has 0 aliphatic heterocycles. The maximum absolute atomic E-state index is 12.8. The molecule has 10 heteroatoms. The van der Waals surface area contributed by atoms with Crippen LogP contribution < -0.4 is 4.18 Å². The number of nitrogens with zero attached hydrogens (tertiary/aromatic N) is 2. The molecule has 0 atom stereocenters. The number of halogens is 4. The first-order valence-corrected chi connectivity index (χ1v) is 9.87. The summed E-state index contributed by atoms with van der Waals surface area (Å²) >= 11 is 6.21. The lowest BCUT2D eigenvalue weighted by molar-refractivity contribution is -0.0499. The quantitative estimate of drug-likeness (QED) is 0.424.